The molecule has 1 aromatic carbocycles. The van der Waals surface area contributed by atoms with Crippen LogP contribution in [0, 0.1) is 0 Å². The highest BCUT2D eigenvalue weighted by atomic mass is 15.3. The molecule has 1 aromatic heterocycles. The average molecular weight is 184 g/mol. The average Bonchev–Trinajstić information content (AvgIpc) is 2.72. The Hall–Kier alpha value is -1.83. The lowest BCUT2D eigenvalue weighted by atomic mass is 10.2. The zero-order valence-electron chi connectivity index (χ0n) is 8.09. The van der Waals surface area contributed by atoms with Crippen LogP contribution in [0.1, 0.15) is 12.5 Å². The van der Waals surface area contributed by atoms with Gasteiger partial charge in [0.2, 0.25) is 0 Å². The van der Waals surface area contributed by atoms with E-state index in [0.717, 1.165) is 5.69 Å². The molecule has 14 heavy (non-hydrogen) atoms. The number of nitrogens with zero attached hydrogens (tertiary/aromatic N) is 2. The molecule has 1 heterocycles. The van der Waals surface area contributed by atoms with Crippen LogP contribution in [0.5, 0.6) is 0 Å². The van der Waals surface area contributed by atoms with Crippen LogP contribution in [0.3, 0.4) is 0 Å². The number of benzene rings is 1. The lowest BCUT2D eigenvalue weighted by Gasteiger charge is -2.00. The molecule has 0 radical (unpaired) electrons. The zero-order chi connectivity index (χ0) is 9.80. The first kappa shape index (κ1) is 8.75. The summed E-state index contributed by atoms with van der Waals surface area (Å²) in [6.45, 7) is 2.02. The molecule has 0 amide bonds. The Balaban J connectivity index is 2.31. The molecule has 0 bridgehead atoms. The number of hydrogen-bond donors (Lipinski definition) is 0. The summed E-state index contributed by atoms with van der Waals surface area (Å²) in [5.41, 5.74) is 2.30. The maximum atomic E-state index is 4.16. The summed E-state index contributed by atoms with van der Waals surface area (Å²) in [7, 11) is 0. The van der Waals surface area contributed by atoms with Gasteiger partial charge >= 0.3 is 0 Å². The summed E-state index contributed by atoms with van der Waals surface area (Å²) >= 11 is 0. The van der Waals surface area contributed by atoms with Gasteiger partial charge in [-0.25, -0.2) is 4.68 Å². The monoisotopic (exact) mass is 184 g/mol. The van der Waals surface area contributed by atoms with Crippen LogP contribution in [-0.2, 0) is 0 Å². The second-order valence-electron chi connectivity index (χ2n) is 3.04. The molecule has 0 spiro atoms. The van der Waals surface area contributed by atoms with Crippen LogP contribution in [0.15, 0.2) is 48.8 Å². The van der Waals surface area contributed by atoms with Crippen molar-refractivity contribution in [2.24, 2.45) is 0 Å². The Kier molecular flexibility index (Phi) is 2.45. The van der Waals surface area contributed by atoms with Crippen LogP contribution in [0.2, 0.25) is 0 Å². The molecule has 0 saturated carbocycles. The van der Waals surface area contributed by atoms with Gasteiger partial charge in [-0.05, 0) is 30.7 Å². The molecule has 0 aliphatic carbocycles. The number of hydrogen-bond acceptors (Lipinski definition) is 1. The van der Waals surface area contributed by atoms with E-state index in [1.54, 1.807) is 6.20 Å². The van der Waals surface area contributed by atoms with Crippen molar-refractivity contribution in [3.63, 3.8) is 0 Å². The van der Waals surface area contributed by atoms with Gasteiger partial charge in [-0.3, -0.25) is 0 Å². The Labute approximate surface area is 83.5 Å². The largest absolute Gasteiger partial charge is 0.241 e. The van der Waals surface area contributed by atoms with E-state index in [-0.39, 0.29) is 0 Å². The summed E-state index contributed by atoms with van der Waals surface area (Å²) in [6.07, 6.45) is 7.82. The SMILES string of the molecule is C/C=C/c1ccc(-n2cccn2)cc1. The minimum absolute atomic E-state index is 1.09. The predicted octanol–water partition coefficient (Wildman–Crippen LogP) is 2.91. The van der Waals surface area contributed by atoms with Crippen LogP contribution in [-0.4, -0.2) is 9.78 Å². The Bertz CT molecular complexity index is 410. The van der Waals surface area contributed by atoms with Crippen LogP contribution in [0.4, 0.5) is 0 Å². The number of allylic oxidation sites excluding steroid dienone is 1. The maximum Gasteiger partial charge on any atom is 0.0645 e. The van der Waals surface area contributed by atoms with E-state index in [1.165, 1.54) is 5.56 Å². The van der Waals surface area contributed by atoms with Crippen molar-refractivity contribution in [3.8, 4) is 5.69 Å². The maximum absolute atomic E-state index is 4.16. The third-order valence-corrected chi connectivity index (χ3v) is 2.02. The van der Waals surface area contributed by atoms with Crippen molar-refractivity contribution < 1.29 is 0 Å². The first-order valence-corrected chi connectivity index (χ1v) is 4.63. The van der Waals surface area contributed by atoms with Crippen LogP contribution in [0.25, 0.3) is 11.8 Å². The topological polar surface area (TPSA) is 17.8 Å². The molecular formula is C12H12N2. The van der Waals surface area contributed by atoms with Gasteiger partial charge in [-0.2, -0.15) is 5.10 Å². The minimum atomic E-state index is 1.09. The molecule has 2 aromatic rings. The number of aromatic nitrogens is 2. The Morgan fingerprint density at radius 3 is 2.57 bits per heavy atom. The van der Waals surface area contributed by atoms with E-state index in [1.807, 2.05) is 29.9 Å². The van der Waals surface area contributed by atoms with Crippen LogP contribution < -0.4 is 0 Å². The van der Waals surface area contributed by atoms with E-state index in [9.17, 15) is 0 Å². The molecule has 2 nitrogen and oxygen atoms in total. The van der Waals surface area contributed by atoms with Crippen molar-refractivity contribution >= 4 is 6.08 Å². The van der Waals surface area contributed by atoms with E-state index in [0.29, 0.717) is 0 Å². The summed E-state index contributed by atoms with van der Waals surface area (Å²) in [4.78, 5) is 0. The quantitative estimate of drug-likeness (QED) is 0.701. The fraction of sp³-hybridized carbons (Fsp3) is 0.0833. The van der Waals surface area contributed by atoms with Gasteiger partial charge in [-0.1, -0.05) is 24.3 Å². The number of rotatable bonds is 2. The van der Waals surface area contributed by atoms with Crippen LogP contribution >= 0.6 is 0 Å². The Morgan fingerprint density at radius 2 is 2.00 bits per heavy atom. The highest BCUT2D eigenvalue weighted by Crippen LogP contribution is 2.09. The molecule has 0 fully saturated rings. The van der Waals surface area contributed by atoms with Gasteiger partial charge in [-0.15, -0.1) is 0 Å². The van der Waals surface area contributed by atoms with Gasteiger partial charge in [0, 0.05) is 12.4 Å². The Morgan fingerprint density at radius 1 is 1.21 bits per heavy atom. The molecule has 0 unspecified atom stereocenters. The third-order valence-electron chi connectivity index (χ3n) is 2.02. The second kappa shape index (κ2) is 3.92. The van der Waals surface area contributed by atoms with E-state index in [2.05, 4.69) is 35.4 Å². The third kappa shape index (κ3) is 1.74. The standard InChI is InChI=1S/C12H12N2/c1-2-4-11-5-7-12(8-6-11)14-10-3-9-13-14/h2-10H,1H3/b4-2+. The first-order chi connectivity index (χ1) is 6.90. The molecule has 0 atom stereocenters. The molecule has 70 valence electrons. The van der Waals surface area contributed by atoms with E-state index >= 15 is 0 Å². The predicted molar refractivity (Wildman–Crippen MR) is 58.3 cm³/mol. The second-order valence-corrected chi connectivity index (χ2v) is 3.04. The van der Waals surface area contributed by atoms with E-state index in [4.69, 9.17) is 0 Å². The van der Waals surface area contributed by atoms with Crippen molar-refractivity contribution in [3.05, 3.63) is 54.4 Å². The smallest absolute Gasteiger partial charge is 0.0645 e. The highest BCUT2D eigenvalue weighted by Gasteiger charge is 1.94. The highest BCUT2D eigenvalue weighted by molar-refractivity contribution is 5.51. The fourth-order valence-corrected chi connectivity index (χ4v) is 1.35. The van der Waals surface area contributed by atoms with Gasteiger partial charge < -0.3 is 0 Å². The van der Waals surface area contributed by atoms with Crippen molar-refractivity contribution in [1.29, 1.82) is 0 Å². The summed E-state index contributed by atoms with van der Waals surface area (Å²) in [5.74, 6) is 0. The normalized spacial score (nSPS) is 10.9. The van der Waals surface area contributed by atoms with Crippen molar-refractivity contribution in [2.75, 3.05) is 0 Å². The van der Waals surface area contributed by atoms with Gasteiger partial charge in [0.05, 0.1) is 5.69 Å². The summed E-state index contributed by atoms with van der Waals surface area (Å²) in [6, 6.07) is 10.2. The molecule has 0 aliphatic rings. The minimum Gasteiger partial charge on any atom is -0.241 e. The summed E-state index contributed by atoms with van der Waals surface area (Å²) < 4.78 is 1.85. The lowest BCUT2D eigenvalue weighted by Crippen LogP contribution is -1.93. The van der Waals surface area contributed by atoms with Crippen molar-refractivity contribution in [2.45, 2.75) is 6.92 Å². The zero-order valence-corrected chi connectivity index (χ0v) is 8.09. The molecular weight excluding hydrogens is 172 g/mol. The molecule has 2 heteroatoms. The fourth-order valence-electron chi connectivity index (χ4n) is 1.35. The van der Waals surface area contributed by atoms with E-state index < -0.39 is 0 Å². The molecule has 0 aliphatic heterocycles. The molecule has 0 N–H and O–H groups in total. The van der Waals surface area contributed by atoms with Gasteiger partial charge in [0.25, 0.3) is 0 Å². The summed E-state index contributed by atoms with van der Waals surface area (Å²) in [5, 5.41) is 4.16. The first-order valence-electron chi connectivity index (χ1n) is 4.63. The lowest BCUT2D eigenvalue weighted by molar-refractivity contribution is 0.880. The van der Waals surface area contributed by atoms with Gasteiger partial charge in [0.15, 0.2) is 0 Å². The van der Waals surface area contributed by atoms with Gasteiger partial charge in [0.1, 0.15) is 0 Å². The molecule has 0 saturated heterocycles. The molecule has 2 rings (SSSR count). The van der Waals surface area contributed by atoms with Crippen molar-refractivity contribution in [1.82, 2.24) is 9.78 Å².